The lowest BCUT2D eigenvalue weighted by atomic mass is 10.3. The number of amides is 1. The van der Waals surface area contributed by atoms with Crippen molar-refractivity contribution in [2.24, 2.45) is 0 Å². The molecule has 0 saturated carbocycles. The van der Waals surface area contributed by atoms with Gasteiger partial charge >= 0.3 is 0 Å². The van der Waals surface area contributed by atoms with Crippen molar-refractivity contribution in [1.29, 1.82) is 0 Å². The highest BCUT2D eigenvalue weighted by Crippen LogP contribution is 1.99. The van der Waals surface area contributed by atoms with E-state index in [1.165, 1.54) is 0 Å². The monoisotopic (exact) mass is 264 g/mol. The number of carbonyl (C=O) groups excluding carboxylic acids is 1. The molecule has 14 heavy (non-hydrogen) atoms. The Morgan fingerprint density at radius 1 is 1.29 bits per heavy atom. The summed E-state index contributed by atoms with van der Waals surface area (Å²) in [7, 11) is 4.10. The minimum Gasteiger partial charge on any atom is -0.343 e. The normalized spacial score (nSPS) is 10.6. The van der Waals surface area contributed by atoms with Crippen LogP contribution in [0, 0.1) is 0 Å². The quantitative estimate of drug-likeness (QED) is 0.652. The van der Waals surface area contributed by atoms with Gasteiger partial charge < -0.3 is 9.80 Å². The maximum Gasteiger partial charge on any atom is 0.223 e. The molecular formula is C10H21BrN2O. The second-order valence-corrected chi connectivity index (χ2v) is 4.36. The fraction of sp³-hybridized carbons (Fsp3) is 0.900. The second-order valence-electron chi connectivity index (χ2n) is 3.57. The largest absolute Gasteiger partial charge is 0.343 e. The van der Waals surface area contributed by atoms with Crippen LogP contribution < -0.4 is 0 Å². The molecule has 0 aromatic heterocycles. The minimum atomic E-state index is 0.253. The van der Waals surface area contributed by atoms with E-state index in [0.717, 1.165) is 31.4 Å². The molecule has 3 nitrogen and oxygen atoms in total. The van der Waals surface area contributed by atoms with Gasteiger partial charge in [0.05, 0.1) is 0 Å². The van der Waals surface area contributed by atoms with Crippen molar-refractivity contribution in [1.82, 2.24) is 9.80 Å². The van der Waals surface area contributed by atoms with Crippen molar-refractivity contribution in [3.8, 4) is 0 Å². The molecule has 0 bridgehead atoms. The van der Waals surface area contributed by atoms with E-state index in [-0.39, 0.29) is 5.91 Å². The van der Waals surface area contributed by atoms with E-state index in [1.807, 2.05) is 11.8 Å². The Balaban J connectivity index is 3.73. The van der Waals surface area contributed by atoms with Crippen molar-refractivity contribution >= 4 is 21.8 Å². The molecule has 0 aromatic rings. The highest BCUT2D eigenvalue weighted by atomic mass is 79.9. The van der Waals surface area contributed by atoms with E-state index >= 15 is 0 Å². The number of rotatable bonds is 7. The molecule has 0 aromatic carbocycles. The van der Waals surface area contributed by atoms with E-state index in [2.05, 4.69) is 34.9 Å². The van der Waals surface area contributed by atoms with E-state index in [1.54, 1.807) is 0 Å². The van der Waals surface area contributed by atoms with Gasteiger partial charge in [-0.2, -0.15) is 0 Å². The Labute approximate surface area is 95.6 Å². The van der Waals surface area contributed by atoms with Crippen molar-refractivity contribution in [2.45, 2.75) is 19.8 Å². The van der Waals surface area contributed by atoms with E-state index in [9.17, 15) is 4.79 Å². The first-order chi connectivity index (χ1) is 6.61. The van der Waals surface area contributed by atoms with Crippen molar-refractivity contribution in [2.75, 3.05) is 39.1 Å². The van der Waals surface area contributed by atoms with E-state index in [0.29, 0.717) is 6.42 Å². The van der Waals surface area contributed by atoms with Crippen molar-refractivity contribution < 1.29 is 4.79 Å². The van der Waals surface area contributed by atoms with Crippen LogP contribution >= 0.6 is 15.9 Å². The number of halogens is 1. The predicted octanol–water partition coefficient (Wildman–Crippen LogP) is 1.57. The first-order valence-corrected chi connectivity index (χ1v) is 6.22. The van der Waals surface area contributed by atoms with Crippen LogP contribution in [0.5, 0.6) is 0 Å². The molecule has 0 spiro atoms. The average molecular weight is 265 g/mol. The topological polar surface area (TPSA) is 23.6 Å². The number of nitrogens with zero attached hydrogens (tertiary/aromatic N) is 2. The summed E-state index contributed by atoms with van der Waals surface area (Å²) < 4.78 is 0. The standard InChI is InChI=1S/C10H21BrN2O/c1-4-13(10(14)6-7-11)9-5-8-12(2)3/h4-9H2,1-3H3. The molecule has 0 saturated heterocycles. The number of hydrogen-bond acceptors (Lipinski definition) is 2. The Morgan fingerprint density at radius 3 is 2.36 bits per heavy atom. The fourth-order valence-electron chi connectivity index (χ4n) is 1.28. The predicted molar refractivity (Wildman–Crippen MR) is 63.8 cm³/mol. The molecular weight excluding hydrogens is 244 g/mol. The molecule has 0 aliphatic carbocycles. The lowest BCUT2D eigenvalue weighted by Crippen LogP contribution is -2.33. The summed E-state index contributed by atoms with van der Waals surface area (Å²) in [6.07, 6.45) is 1.66. The summed E-state index contributed by atoms with van der Waals surface area (Å²) in [5, 5.41) is 0.760. The molecule has 0 unspecified atom stereocenters. The van der Waals surface area contributed by atoms with Gasteiger partial charge in [-0.05, 0) is 34.0 Å². The van der Waals surface area contributed by atoms with Crippen LogP contribution in [0.1, 0.15) is 19.8 Å². The minimum absolute atomic E-state index is 0.253. The number of alkyl halides is 1. The van der Waals surface area contributed by atoms with Crippen LogP contribution in [-0.4, -0.2) is 54.8 Å². The van der Waals surface area contributed by atoms with Crippen LogP contribution in [0.4, 0.5) is 0 Å². The molecule has 0 atom stereocenters. The summed E-state index contributed by atoms with van der Waals surface area (Å²) in [6.45, 7) is 4.76. The van der Waals surface area contributed by atoms with Crippen molar-refractivity contribution in [3.63, 3.8) is 0 Å². The van der Waals surface area contributed by atoms with Gasteiger partial charge in [0.2, 0.25) is 5.91 Å². The number of carbonyl (C=O) groups is 1. The van der Waals surface area contributed by atoms with Gasteiger partial charge in [-0.15, -0.1) is 0 Å². The molecule has 0 aliphatic heterocycles. The SMILES string of the molecule is CCN(CCCN(C)C)C(=O)CCBr. The van der Waals surface area contributed by atoms with Gasteiger partial charge in [0.1, 0.15) is 0 Å². The van der Waals surface area contributed by atoms with Crippen LogP contribution in [0.25, 0.3) is 0 Å². The van der Waals surface area contributed by atoms with Gasteiger partial charge in [-0.1, -0.05) is 15.9 Å². The average Bonchev–Trinajstić information content (AvgIpc) is 2.12. The first kappa shape index (κ1) is 13.9. The molecule has 0 rings (SSSR count). The van der Waals surface area contributed by atoms with Crippen LogP contribution in [0.3, 0.4) is 0 Å². The molecule has 1 amide bonds. The van der Waals surface area contributed by atoms with Crippen LogP contribution in [0.2, 0.25) is 0 Å². The zero-order chi connectivity index (χ0) is 11.0. The third kappa shape index (κ3) is 6.38. The summed E-state index contributed by atoms with van der Waals surface area (Å²) >= 11 is 3.28. The number of hydrogen-bond donors (Lipinski definition) is 0. The van der Waals surface area contributed by atoms with Crippen LogP contribution in [0.15, 0.2) is 0 Å². The lowest BCUT2D eigenvalue weighted by molar-refractivity contribution is -0.130. The summed E-state index contributed by atoms with van der Waals surface area (Å²) in [5.41, 5.74) is 0. The Hall–Kier alpha value is -0.0900. The Kier molecular flexibility index (Phi) is 8.18. The van der Waals surface area contributed by atoms with Gasteiger partial charge in [-0.3, -0.25) is 4.79 Å². The smallest absolute Gasteiger partial charge is 0.223 e. The molecule has 84 valence electrons. The van der Waals surface area contributed by atoms with Gasteiger partial charge in [0.15, 0.2) is 0 Å². The van der Waals surface area contributed by atoms with Crippen LogP contribution in [-0.2, 0) is 4.79 Å². The van der Waals surface area contributed by atoms with Gasteiger partial charge in [0, 0.05) is 24.8 Å². The highest BCUT2D eigenvalue weighted by Gasteiger charge is 2.09. The zero-order valence-corrected chi connectivity index (χ0v) is 11.0. The molecule has 0 aliphatic rings. The van der Waals surface area contributed by atoms with E-state index < -0.39 is 0 Å². The maximum absolute atomic E-state index is 11.5. The van der Waals surface area contributed by atoms with E-state index in [4.69, 9.17) is 0 Å². The zero-order valence-electron chi connectivity index (χ0n) is 9.42. The Morgan fingerprint density at radius 2 is 1.93 bits per heavy atom. The second kappa shape index (κ2) is 8.24. The Bertz CT molecular complexity index is 162. The molecule has 4 heteroatoms. The summed E-state index contributed by atoms with van der Waals surface area (Å²) in [6, 6.07) is 0. The fourth-order valence-corrected chi connectivity index (χ4v) is 1.62. The third-order valence-corrected chi connectivity index (χ3v) is 2.47. The van der Waals surface area contributed by atoms with Gasteiger partial charge in [0.25, 0.3) is 0 Å². The summed E-state index contributed by atoms with van der Waals surface area (Å²) in [4.78, 5) is 15.6. The molecule has 0 radical (unpaired) electrons. The molecule has 0 fully saturated rings. The van der Waals surface area contributed by atoms with Crippen molar-refractivity contribution in [3.05, 3.63) is 0 Å². The summed E-state index contributed by atoms with van der Waals surface area (Å²) in [5.74, 6) is 0.253. The lowest BCUT2D eigenvalue weighted by Gasteiger charge is -2.21. The molecule has 0 heterocycles. The van der Waals surface area contributed by atoms with Gasteiger partial charge in [-0.25, -0.2) is 0 Å². The maximum atomic E-state index is 11.5. The highest BCUT2D eigenvalue weighted by molar-refractivity contribution is 9.09. The first-order valence-electron chi connectivity index (χ1n) is 5.10. The third-order valence-electron chi connectivity index (χ3n) is 2.08. The molecule has 0 N–H and O–H groups in total.